The summed E-state index contributed by atoms with van der Waals surface area (Å²) in [6, 6.07) is 85.8. The van der Waals surface area contributed by atoms with E-state index in [2.05, 4.69) is 279 Å². The van der Waals surface area contributed by atoms with Gasteiger partial charge in [-0.15, -0.1) is 0 Å². The summed E-state index contributed by atoms with van der Waals surface area (Å²) in [6.07, 6.45) is 19.2. The minimum atomic E-state index is -0.374. The maximum atomic E-state index is 11.7. The van der Waals surface area contributed by atoms with Gasteiger partial charge in [-0.2, -0.15) is 0 Å². The average molecular weight is 2380 g/mol. The summed E-state index contributed by atoms with van der Waals surface area (Å²) in [4.78, 5) is 64.4. The molecule has 0 saturated heterocycles. The van der Waals surface area contributed by atoms with Crippen LogP contribution in [0, 0.1) is 13.7 Å². The van der Waals surface area contributed by atoms with E-state index in [1.807, 2.05) is 195 Å². The van der Waals surface area contributed by atoms with Gasteiger partial charge in [-0.05, 0) is 245 Å². The number of para-hydroxylation sites is 1. The minimum absolute atomic E-state index is 0.0188. The standard InChI is InChI=1S/C22H15Br2N3O.C22H15BrClN3O.C22H15BrIN3O.C22H15BrN4O3.C21H15BrN4O/c3*1-13-22-21(19-7-4-10-28-19)25-12-27(22)18-9-8-14(23)11-16(18)20(26-13)15-5-2-3-6-17(15)24;1-13-22-21(19-7-4-10-30-19)24-12-26(22)17-9-8-14(23)11-16(17)20(25-13)15-5-2-3-6-18(15)27(28)29;1-13-21-20(18-6-4-10-27-18)24-12-26(21)17-8-7-14(22)11-15(17)19(25-13)16-5-2-3-9-23-16/h3*2-13H,1H3;2-13H,1H3;2-13H,1H3/t5*13-/m11111/s1. The monoisotopic (exact) mass is 2370 g/mol. The highest BCUT2D eigenvalue weighted by molar-refractivity contribution is 14.1. The lowest BCUT2D eigenvalue weighted by atomic mass is 9.99. The second kappa shape index (κ2) is 40.1. The molecule has 0 aliphatic carbocycles. The number of halogens is 8. The van der Waals surface area contributed by atoms with Gasteiger partial charge in [0.05, 0.1) is 163 Å². The molecular formula is C109H75Br6ClIN17O7. The third kappa shape index (κ3) is 18.2. The summed E-state index contributed by atoms with van der Waals surface area (Å²) in [5.41, 5.74) is 27.5. The van der Waals surface area contributed by atoms with E-state index >= 15 is 0 Å². The van der Waals surface area contributed by atoms with Crippen molar-refractivity contribution in [2.45, 2.75) is 64.8 Å². The number of rotatable bonds is 11. The van der Waals surface area contributed by atoms with Gasteiger partial charge in [-0.3, -0.25) is 62.9 Å². The van der Waals surface area contributed by atoms with Crippen molar-refractivity contribution >= 4 is 164 Å². The molecule has 32 heteroatoms. The molecule has 5 aliphatic rings. The van der Waals surface area contributed by atoms with E-state index in [9.17, 15) is 10.1 Å². The van der Waals surface area contributed by atoms with Crippen molar-refractivity contribution in [3.8, 4) is 85.7 Å². The summed E-state index contributed by atoms with van der Waals surface area (Å²) in [5, 5.41) is 12.4. The van der Waals surface area contributed by atoms with Crippen molar-refractivity contribution in [2.24, 2.45) is 25.0 Å². The van der Waals surface area contributed by atoms with Crippen LogP contribution in [-0.2, 0) is 0 Å². The highest BCUT2D eigenvalue weighted by Gasteiger charge is 2.36. The molecule has 694 valence electrons. The number of fused-ring (bicyclic) bond motifs is 15. The molecule has 0 bridgehead atoms. The van der Waals surface area contributed by atoms with Crippen LogP contribution in [0.4, 0.5) is 5.69 Å². The van der Waals surface area contributed by atoms with Crippen molar-refractivity contribution in [3.63, 3.8) is 0 Å². The van der Waals surface area contributed by atoms with Gasteiger partial charge < -0.3 is 22.1 Å². The van der Waals surface area contributed by atoms with E-state index in [0.717, 1.165) is 203 Å². The zero-order valence-electron chi connectivity index (χ0n) is 75.1. The predicted octanol–water partition coefficient (Wildman–Crippen LogP) is 30.4. The van der Waals surface area contributed by atoms with Crippen LogP contribution in [0.1, 0.15) is 149 Å². The normalized spacial score (nSPS) is 15.5. The summed E-state index contributed by atoms with van der Waals surface area (Å²) in [6.45, 7) is 10.3. The Morgan fingerprint density at radius 1 is 0.305 bits per heavy atom. The number of furan rings is 5. The molecule has 0 radical (unpaired) electrons. The first-order valence-corrected chi connectivity index (χ1v) is 50.7. The number of aromatic nitrogens is 11. The molecule has 0 fully saturated rings. The second-order valence-electron chi connectivity index (χ2n) is 33.1. The van der Waals surface area contributed by atoms with E-state index in [0.29, 0.717) is 27.8 Å². The van der Waals surface area contributed by atoms with Crippen LogP contribution in [0.15, 0.2) is 410 Å². The van der Waals surface area contributed by atoms with Crippen molar-refractivity contribution < 1.29 is 27.0 Å². The van der Waals surface area contributed by atoms with Gasteiger partial charge in [0.1, 0.15) is 60.1 Å². The fourth-order valence-electron chi connectivity index (χ4n) is 18.3. The van der Waals surface area contributed by atoms with Crippen LogP contribution in [0.5, 0.6) is 0 Å². The molecule has 0 N–H and O–H groups in total. The molecule has 25 rings (SSSR count). The SMILES string of the molecule is C[C@H]1N=C(c2ccccc2Br)c2cc(Br)ccc2-n2cnc(-c3ccco3)c21.C[C@H]1N=C(c2ccccc2Cl)c2cc(Br)ccc2-n2cnc(-c3ccco3)c21.C[C@H]1N=C(c2ccccc2I)c2cc(Br)ccc2-n2cnc(-c3ccco3)c21.C[C@H]1N=C(c2ccccc2[N+](=O)[O-])c2cc(Br)ccc2-n2cnc(-c3ccco3)c21.C[C@H]1N=C(c2ccccn2)c2cc(Br)ccc2-n2cnc(-c3ccco3)c21. The highest BCUT2D eigenvalue weighted by atomic mass is 127. The van der Waals surface area contributed by atoms with Gasteiger partial charge >= 0.3 is 0 Å². The van der Waals surface area contributed by atoms with Crippen LogP contribution < -0.4 is 0 Å². The Morgan fingerprint density at radius 3 is 0.908 bits per heavy atom. The van der Waals surface area contributed by atoms with Crippen molar-refractivity contribution in [1.82, 2.24) is 52.7 Å². The zero-order chi connectivity index (χ0) is 97.0. The van der Waals surface area contributed by atoms with Crippen LogP contribution >= 0.6 is 130 Å². The summed E-state index contributed by atoms with van der Waals surface area (Å²) in [5.74, 6) is 3.63. The lowest BCUT2D eigenvalue weighted by Gasteiger charge is -2.13. The molecule has 0 unspecified atom stereocenters. The van der Waals surface area contributed by atoms with Crippen LogP contribution in [0.3, 0.4) is 0 Å². The molecule has 0 amide bonds. The third-order valence-electron chi connectivity index (χ3n) is 24.4. The van der Waals surface area contributed by atoms with Gasteiger partial charge in [0, 0.05) is 92.2 Å². The maximum absolute atomic E-state index is 11.7. The Kier molecular flexibility index (Phi) is 26.6. The van der Waals surface area contributed by atoms with Crippen LogP contribution in [0.2, 0.25) is 5.02 Å². The fourth-order valence-corrected chi connectivity index (χ4v) is 21.4. The third-order valence-corrected chi connectivity index (χ3v) is 28.8. The number of aliphatic imine (C=N–C) groups is 5. The molecule has 16 heterocycles. The maximum Gasteiger partial charge on any atom is 0.278 e. The Balaban J connectivity index is 0.000000104. The first-order chi connectivity index (χ1) is 68.7. The Bertz CT molecular complexity index is 7870. The van der Waals surface area contributed by atoms with E-state index in [1.165, 1.54) is 9.64 Å². The number of hydrogen-bond acceptors (Lipinski definition) is 18. The first kappa shape index (κ1) is 93.5. The van der Waals surface area contributed by atoms with Gasteiger partial charge in [0.2, 0.25) is 0 Å². The minimum Gasteiger partial charge on any atom is -0.463 e. The molecule has 0 spiro atoms. The highest BCUT2D eigenvalue weighted by Crippen LogP contribution is 2.46. The molecule has 5 atom stereocenters. The lowest BCUT2D eigenvalue weighted by Crippen LogP contribution is -2.09. The number of pyridine rings is 1. The van der Waals surface area contributed by atoms with Crippen molar-refractivity contribution in [2.75, 3.05) is 0 Å². The molecule has 9 aromatic carbocycles. The number of nitrogens with zero attached hydrogens (tertiary/aromatic N) is 17. The quantitative estimate of drug-likeness (QED) is 0.0663. The molecular weight excluding hydrogens is 2300 g/mol. The second-order valence-corrected chi connectivity index (χ2v) is 40.1. The summed E-state index contributed by atoms with van der Waals surface area (Å²) < 4.78 is 45.6. The zero-order valence-corrected chi connectivity index (χ0v) is 87.6. The molecule has 0 saturated carbocycles. The smallest absolute Gasteiger partial charge is 0.278 e. The number of nitro groups is 1. The van der Waals surface area contributed by atoms with E-state index < -0.39 is 0 Å². The predicted molar refractivity (Wildman–Crippen MR) is 577 cm³/mol. The lowest BCUT2D eigenvalue weighted by molar-refractivity contribution is -0.385. The summed E-state index contributed by atoms with van der Waals surface area (Å²) in [7, 11) is 0. The van der Waals surface area contributed by atoms with E-state index in [1.54, 1.807) is 62.0 Å². The topological polar surface area (TPSA) is 273 Å². The van der Waals surface area contributed by atoms with Crippen molar-refractivity contribution in [3.05, 3.63) is 466 Å². The van der Waals surface area contributed by atoms with E-state index in [4.69, 9.17) is 58.6 Å². The fraction of sp³-hybridized carbons (Fsp3) is 0.0917. The number of hydrogen-bond donors (Lipinski definition) is 0. The van der Waals surface area contributed by atoms with Crippen molar-refractivity contribution in [1.29, 1.82) is 0 Å². The number of nitro benzene ring substituents is 1. The first-order valence-electron chi connectivity index (χ1n) is 44.5. The largest absolute Gasteiger partial charge is 0.463 e. The molecule has 20 aromatic rings. The number of imidazole rings is 5. The van der Waals surface area contributed by atoms with Gasteiger partial charge in [-0.1, -0.05) is 180 Å². The van der Waals surface area contributed by atoms with Crippen LogP contribution in [0.25, 0.3) is 85.7 Å². The van der Waals surface area contributed by atoms with Gasteiger partial charge in [0.25, 0.3) is 5.69 Å². The molecule has 5 aliphatic heterocycles. The molecule has 11 aromatic heterocycles. The average Bonchev–Trinajstić information content (AvgIpc) is 1.60. The van der Waals surface area contributed by atoms with Gasteiger partial charge in [0.15, 0.2) is 28.8 Å². The Morgan fingerprint density at radius 2 is 0.589 bits per heavy atom. The van der Waals surface area contributed by atoms with E-state index in [-0.39, 0.29) is 40.8 Å². The Hall–Kier alpha value is -13.8. The summed E-state index contributed by atoms with van der Waals surface area (Å²) >= 11 is 30.6. The number of benzene rings is 9. The molecule has 141 heavy (non-hydrogen) atoms. The van der Waals surface area contributed by atoms with Crippen LogP contribution in [-0.4, -0.2) is 86.2 Å². The molecule has 24 nitrogen and oxygen atoms in total. The van der Waals surface area contributed by atoms with Gasteiger partial charge in [-0.25, -0.2) is 24.9 Å². The Labute approximate surface area is 876 Å².